The van der Waals surface area contributed by atoms with Crippen LogP contribution in [0.1, 0.15) is 40.5 Å². The molecule has 1 saturated heterocycles. The van der Waals surface area contributed by atoms with Gasteiger partial charge < -0.3 is 10.2 Å². The van der Waals surface area contributed by atoms with Gasteiger partial charge in [-0.25, -0.2) is 8.42 Å². The maximum atomic E-state index is 11.5. The van der Waals surface area contributed by atoms with E-state index >= 15 is 0 Å². The summed E-state index contributed by atoms with van der Waals surface area (Å²) in [4.78, 5) is 2.34. The minimum atomic E-state index is -2.77. The number of rotatable bonds is 8. The van der Waals surface area contributed by atoms with E-state index in [1.165, 1.54) is 0 Å². The van der Waals surface area contributed by atoms with Gasteiger partial charge in [-0.2, -0.15) is 0 Å². The van der Waals surface area contributed by atoms with Gasteiger partial charge >= 0.3 is 0 Å². The molecule has 0 unspecified atom stereocenters. The Hall–Kier alpha value is -0.130. The number of nitrogens with one attached hydrogen (secondary N) is 1. The van der Waals surface area contributed by atoms with Crippen LogP contribution < -0.4 is 5.32 Å². The van der Waals surface area contributed by atoms with E-state index in [4.69, 9.17) is 0 Å². The monoisotopic (exact) mass is 304 g/mol. The Morgan fingerprint density at radius 1 is 1.15 bits per heavy atom. The molecular weight excluding hydrogens is 272 g/mol. The van der Waals surface area contributed by atoms with Gasteiger partial charge in [0.25, 0.3) is 0 Å². The highest BCUT2D eigenvalue weighted by molar-refractivity contribution is 7.91. The molecule has 1 aliphatic rings. The SMILES string of the molecule is CCC(CC)(CNCC(C)C)CN1CCS(=O)(=O)CC1. The van der Waals surface area contributed by atoms with Crippen molar-refractivity contribution >= 4 is 9.84 Å². The van der Waals surface area contributed by atoms with Crippen LogP contribution in [0, 0.1) is 11.3 Å². The summed E-state index contributed by atoms with van der Waals surface area (Å²) in [6, 6.07) is 0. The normalized spacial score (nSPS) is 20.4. The van der Waals surface area contributed by atoms with E-state index in [2.05, 4.69) is 37.9 Å². The first-order valence-electron chi connectivity index (χ1n) is 7.96. The fraction of sp³-hybridized carbons (Fsp3) is 1.00. The van der Waals surface area contributed by atoms with E-state index in [0.717, 1.165) is 32.5 Å². The summed E-state index contributed by atoms with van der Waals surface area (Å²) in [5.74, 6) is 1.33. The molecule has 0 bridgehead atoms. The lowest BCUT2D eigenvalue weighted by Gasteiger charge is -2.39. The molecule has 0 atom stereocenters. The van der Waals surface area contributed by atoms with E-state index < -0.39 is 9.84 Å². The summed E-state index contributed by atoms with van der Waals surface area (Å²) in [6.07, 6.45) is 2.27. The Morgan fingerprint density at radius 2 is 1.70 bits per heavy atom. The molecule has 0 aromatic rings. The Labute approximate surface area is 125 Å². The maximum absolute atomic E-state index is 11.5. The first-order valence-corrected chi connectivity index (χ1v) is 9.78. The number of hydrogen-bond donors (Lipinski definition) is 1. The summed E-state index contributed by atoms with van der Waals surface area (Å²) in [7, 11) is -2.77. The summed E-state index contributed by atoms with van der Waals surface area (Å²) in [5.41, 5.74) is 0.274. The Balaban J connectivity index is 2.53. The third kappa shape index (κ3) is 5.70. The van der Waals surface area contributed by atoms with Gasteiger partial charge in [0.1, 0.15) is 0 Å². The Kier molecular flexibility index (Phi) is 6.95. The van der Waals surface area contributed by atoms with Crippen LogP contribution in [0.5, 0.6) is 0 Å². The molecule has 4 nitrogen and oxygen atoms in total. The highest BCUT2D eigenvalue weighted by atomic mass is 32.2. The van der Waals surface area contributed by atoms with Crippen LogP contribution in [0.25, 0.3) is 0 Å². The van der Waals surface area contributed by atoms with Gasteiger partial charge in [-0.05, 0) is 30.7 Å². The van der Waals surface area contributed by atoms with Crippen LogP contribution in [0.2, 0.25) is 0 Å². The van der Waals surface area contributed by atoms with Crippen LogP contribution in [-0.4, -0.2) is 57.5 Å². The number of sulfone groups is 1. The smallest absolute Gasteiger partial charge is 0.152 e. The van der Waals surface area contributed by atoms with E-state index in [0.29, 0.717) is 30.5 Å². The quantitative estimate of drug-likeness (QED) is 0.742. The van der Waals surface area contributed by atoms with Gasteiger partial charge in [-0.15, -0.1) is 0 Å². The van der Waals surface area contributed by atoms with E-state index in [1.54, 1.807) is 0 Å². The van der Waals surface area contributed by atoms with Gasteiger partial charge in [0.05, 0.1) is 11.5 Å². The van der Waals surface area contributed by atoms with Gasteiger partial charge in [-0.3, -0.25) is 0 Å². The average Bonchev–Trinajstić information content (AvgIpc) is 2.39. The van der Waals surface area contributed by atoms with Crippen LogP contribution >= 0.6 is 0 Å². The molecule has 1 aliphatic heterocycles. The highest BCUT2D eigenvalue weighted by Crippen LogP contribution is 2.27. The second kappa shape index (κ2) is 7.76. The van der Waals surface area contributed by atoms with Crippen LogP contribution in [0.15, 0.2) is 0 Å². The Morgan fingerprint density at radius 3 is 2.15 bits per heavy atom. The number of hydrogen-bond acceptors (Lipinski definition) is 4. The van der Waals surface area contributed by atoms with E-state index in [1.807, 2.05) is 0 Å². The van der Waals surface area contributed by atoms with Crippen LogP contribution in [0.3, 0.4) is 0 Å². The molecule has 0 amide bonds. The number of nitrogens with zero attached hydrogens (tertiary/aromatic N) is 1. The third-order valence-electron chi connectivity index (χ3n) is 4.55. The highest BCUT2D eigenvalue weighted by Gasteiger charge is 2.31. The largest absolute Gasteiger partial charge is 0.316 e. The third-order valence-corrected chi connectivity index (χ3v) is 6.16. The topological polar surface area (TPSA) is 49.4 Å². The zero-order valence-corrected chi connectivity index (χ0v) is 14.4. The van der Waals surface area contributed by atoms with Gasteiger partial charge in [-0.1, -0.05) is 27.7 Å². The van der Waals surface area contributed by atoms with Crippen molar-refractivity contribution in [3.63, 3.8) is 0 Å². The molecule has 1 rings (SSSR count). The van der Waals surface area contributed by atoms with E-state index in [9.17, 15) is 8.42 Å². The molecule has 0 aromatic heterocycles. The van der Waals surface area contributed by atoms with Crippen molar-refractivity contribution in [3.05, 3.63) is 0 Å². The average molecular weight is 305 g/mol. The van der Waals surface area contributed by atoms with Crippen molar-refractivity contribution in [1.29, 1.82) is 0 Å². The molecule has 20 heavy (non-hydrogen) atoms. The summed E-state index contributed by atoms with van der Waals surface area (Å²) < 4.78 is 23.0. The van der Waals surface area contributed by atoms with Crippen LogP contribution in [-0.2, 0) is 9.84 Å². The minimum Gasteiger partial charge on any atom is -0.316 e. The molecular formula is C15H32N2O2S. The van der Waals surface area contributed by atoms with Crippen molar-refractivity contribution in [3.8, 4) is 0 Å². The first kappa shape index (κ1) is 17.9. The fourth-order valence-corrected chi connectivity index (χ4v) is 4.07. The molecule has 0 radical (unpaired) electrons. The summed E-state index contributed by atoms with van der Waals surface area (Å²) >= 11 is 0. The zero-order chi connectivity index (χ0) is 15.2. The second-order valence-electron chi connectivity index (χ2n) is 6.66. The lowest BCUT2D eigenvalue weighted by atomic mass is 9.81. The Bertz CT molecular complexity index is 361. The van der Waals surface area contributed by atoms with Crippen molar-refractivity contribution < 1.29 is 8.42 Å². The molecule has 1 heterocycles. The van der Waals surface area contributed by atoms with E-state index in [-0.39, 0.29) is 5.41 Å². The van der Waals surface area contributed by atoms with Gasteiger partial charge in [0.15, 0.2) is 9.84 Å². The van der Waals surface area contributed by atoms with Crippen molar-refractivity contribution in [2.75, 3.05) is 44.2 Å². The molecule has 5 heteroatoms. The minimum absolute atomic E-state index is 0.274. The lowest BCUT2D eigenvalue weighted by Crippen LogP contribution is -2.49. The van der Waals surface area contributed by atoms with Gasteiger partial charge in [0.2, 0.25) is 0 Å². The lowest BCUT2D eigenvalue weighted by molar-refractivity contribution is 0.140. The van der Waals surface area contributed by atoms with Crippen molar-refractivity contribution in [2.45, 2.75) is 40.5 Å². The van der Waals surface area contributed by atoms with Crippen LogP contribution in [0.4, 0.5) is 0 Å². The predicted octanol–water partition coefficient (Wildman–Crippen LogP) is 1.77. The summed E-state index contributed by atoms with van der Waals surface area (Å²) in [5, 5.41) is 3.59. The fourth-order valence-electron chi connectivity index (χ4n) is 2.79. The molecule has 0 aromatic carbocycles. The zero-order valence-electron chi connectivity index (χ0n) is 13.6. The predicted molar refractivity (Wildman–Crippen MR) is 85.8 cm³/mol. The standard InChI is InChI=1S/C15H32N2O2S/c1-5-15(6-2,12-16-11-14(3)4)13-17-7-9-20(18,19)10-8-17/h14,16H,5-13H2,1-4H3. The molecule has 0 aliphatic carbocycles. The molecule has 120 valence electrons. The van der Waals surface area contributed by atoms with Gasteiger partial charge in [0, 0.05) is 26.2 Å². The first-order chi connectivity index (χ1) is 9.32. The van der Waals surface area contributed by atoms with Crippen molar-refractivity contribution in [1.82, 2.24) is 10.2 Å². The van der Waals surface area contributed by atoms with Crippen molar-refractivity contribution in [2.24, 2.45) is 11.3 Å². The maximum Gasteiger partial charge on any atom is 0.152 e. The second-order valence-corrected chi connectivity index (χ2v) is 8.96. The molecule has 0 spiro atoms. The summed E-state index contributed by atoms with van der Waals surface area (Å²) in [6.45, 7) is 13.5. The molecule has 0 saturated carbocycles. The molecule has 1 fully saturated rings. The molecule has 1 N–H and O–H groups in total.